The van der Waals surface area contributed by atoms with Crippen LogP contribution in [0.1, 0.15) is 28.5 Å². The molecule has 0 aliphatic carbocycles. The first kappa shape index (κ1) is 16.5. The maximum absolute atomic E-state index is 12.1. The molecular weight excluding hydrogens is 290 g/mol. The summed E-state index contributed by atoms with van der Waals surface area (Å²) in [6.07, 6.45) is 1.68. The molecule has 1 atom stereocenters. The van der Waals surface area contributed by atoms with Crippen LogP contribution in [0.25, 0.3) is 0 Å². The zero-order chi connectivity index (χ0) is 16.7. The summed E-state index contributed by atoms with van der Waals surface area (Å²) in [5.41, 5.74) is 2.38. The molecule has 23 heavy (non-hydrogen) atoms. The molecule has 0 saturated carbocycles. The summed E-state index contributed by atoms with van der Waals surface area (Å²) >= 11 is 0. The van der Waals surface area contributed by atoms with Crippen LogP contribution in [0.2, 0.25) is 0 Å². The Balaban J connectivity index is 1.95. The number of carbonyl (C=O) groups excluding carboxylic acids is 1. The van der Waals surface area contributed by atoms with Gasteiger partial charge in [-0.1, -0.05) is 12.1 Å². The van der Waals surface area contributed by atoms with E-state index < -0.39 is 0 Å². The molecule has 2 rings (SSSR count). The van der Waals surface area contributed by atoms with Gasteiger partial charge in [0.25, 0.3) is 5.91 Å². The van der Waals surface area contributed by atoms with Crippen molar-refractivity contribution >= 4 is 5.91 Å². The van der Waals surface area contributed by atoms with Crippen molar-refractivity contribution < 1.29 is 9.53 Å². The molecule has 1 aromatic carbocycles. The van der Waals surface area contributed by atoms with E-state index in [2.05, 4.69) is 16.4 Å². The summed E-state index contributed by atoms with van der Waals surface area (Å²) in [5.74, 6) is 0.291. The topological polar surface area (TPSA) is 75.0 Å². The van der Waals surface area contributed by atoms with E-state index in [0.717, 1.165) is 11.3 Å². The molecule has 0 aliphatic heterocycles. The van der Waals surface area contributed by atoms with Crippen LogP contribution in [0.4, 0.5) is 0 Å². The monoisotopic (exact) mass is 309 g/mol. The number of amides is 1. The Morgan fingerprint density at radius 2 is 2.22 bits per heavy atom. The average molecular weight is 309 g/mol. The van der Waals surface area contributed by atoms with Gasteiger partial charge in [-0.15, -0.1) is 0 Å². The van der Waals surface area contributed by atoms with Gasteiger partial charge in [-0.25, -0.2) is 0 Å². The van der Waals surface area contributed by atoms with Crippen molar-refractivity contribution in [2.45, 2.75) is 20.5 Å². The normalized spacial score (nSPS) is 11.3. The fourth-order valence-electron chi connectivity index (χ4n) is 1.90. The molecule has 5 heteroatoms. The molecule has 0 spiro atoms. The minimum absolute atomic E-state index is 0.189. The number of pyridine rings is 1. The van der Waals surface area contributed by atoms with Crippen molar-refractivity contribution in [1.29, 1.82) is 5.26 Å². The van der Waals surface area contributed by atoms with E-state index in [4.69, 9.17) is 10.00 Å². The van der Waals surface area contributed by atoms with Gasteiger partial charge >= 0.3 is 0 Å². The van der Waals surface area contributed by atoms with Gasteiger partial charge in [0.15, 0.2) is 0 Å². The maximum Gasteiger partial charge on any atom is 0.251 e. The highest BCUT2D eigenvalue weighted by Crippen LogP contribution is 2.13. The van der Waals surface area contributed by atoms with E-state index in [1.807, 2.05) is 31.2 Å². The Kier molecular flexibility index (Phi) is 5.70. The van der Waals surface area contributed by atoms with Crippen LogP contribution in [0, 0.1) is 24.2 Å². The highest BCUT2D eigenvalue weighted by atomic mass is 16.5. The number of aromatic nitrogens is 1. The van der Waals surface area contributed by atoms with Gasteiger partial charge < -0.3 is 10.1 Å². The lowest BCUT2D eigenvalue weighted by Crippen LogP contribution is -2.27. The molecule has 1 aromatic heterocycles. The van der Waals surface area contributed by atoms with Crippen LogP contribution in [-0.4, -0.2) is 17.4 Å². The summed E-state index contributed by atoms with van der Waals surface area (Å²) in [4.78, 5) is 16.2. The molecule has 118 valence electrons. The second-order valence-electron chi connectivity index (χ2n) is 5.36. The quantitative estimate of drug-likeness (QED) is 0.890. The number of nitrogens with one attached hydrogen (secondary N) is 1. The Hall–Kier alpha value is -2.87. The number of rotatable bonds is 6. The van der Waals surface area contributed by atoms with Gasteiger partial charge in [-0.3, -0.25) is 9.78 Å². The first-order chi connectivity index (χ1) is 11.1. The van der Waals surface area contributed by atoms with Crippen LogP contribution in [-0.2, 0) is 6.61 Å². The molecule has 5 nitrogen and oxygen atoms in total. The SMILES string of the molecule is Cc1ccc(OCc2cccc(C(=O)NCC(C)C#N)c2)cn1. The molecule has 1 unspecified atom stereocenters. The molecule has 2 aromatic rings. The standard InChI is InChI=1S/C18H19N3O2/c1-13(9-19)10-21-18(22)16-5-3-4-15(8-16)12-23-17-7-6-14(2)20-11-17/h3-8,11,13H,10,12H2,1-2H3,(H,21,22). The predicted molar refractivity (Wildman–Crippen MR) is 86.9 cm³/mol. The number of nitriles is 1. The number of carbonyl (C=O) groups is 1. The first-order valence-corrected chi connectivity index (χ1v) is 7.40. The largest absolute Gasteiger partial charge is 0.487 e. The lowest BCUT2D eigenvalue weighted by molar-refractivity contribution is 0.0950. The number of nitrogens with zero attached hydrogens (tertiary/aromatic N) is 2. The van der Waals surface area contributed by atoms with Gasteiger partial charge in [-0.2, -0.15) is 5.26 Å². The lowest BCUT2D eigenvalue weighted by Gasteiger charge is -2.09. The fraction of sp³-hybridized carbons (Fsp3) is 0.278. The van der Waals surface area contributed by atoms with E-state index in [1.165, 1.54) is 0 Å². The first-order valence-electron chi connectivity index (χ1n) is 7.40. The van der Waals surface area contributed by atoms with Crippen molar-refractivity contribution in [1.82, 2.24) is 10.3 Å². The summed E-state index contributed by atoms with van der Waals surface area (Å²) in [5, 5.41) is 11.5. The molecule has 0 aliphatic rings. The number of hydrogen-bond acceptors (Lipinski definition) is 4. The third-order valence-electron chi connectivity index (χ3n) is 3.27. The highest BCUT2D eigenvalue weighted by molar-refractivity contribution is 5.94. The van der Waals surface area contributed by atoms with E-state index >= 15 is 0 Å². The van der Waals surface area contributed by atoms with Crippen molar-refractivity contribution in [3.8, 4) is 11.8 Å². The van der Waals surface area contributed by atoms with Crippen LogP contribution in [0.5, 0.6) is 5.75 Å². The summed E-state index contributed by atoms with van der Waals surface area (Å²) < 4.78 is 5.66. The van der Waals surface area contributed by atoms with Crippen molar-refractivity contribution in [2.24, 2.45) is 5.92 Å². The highest BCUT2D eigenvalue weighted by Gasteiger charge is 2.08. The third kappa shape index (κ3) is 5.11. The van der Waals surface area contributed by atoms with Crippen LogP contribution >= 0.6 is 0 Å². The van der Waals surface area contributed by atoms with E-state index in [1.54, 1.807) is 25.3 Å². The molecule has 0 bridgehead atoms. The van der Waals surface area contributed by atoms with Gasteiger partial charge in [0, 0.05) is 17.8 Å². The molecular formula is C18H19N3O2. The maximum atomic E-state index is 12.1. The minimum Gasteiger partial charge on any atom is -0.487 e. The smallest absolute Gasteiger partial charge is 0.251 e. The van der Waals surface area contributed by atoms with E-state index in [-0.39, 0.29) is 11.8 Å². The molecule has 1 amide bonds. The second kappa shape index (κ2) is 7.95. The molecule has 0 fully saturated rings. The van der Waals surface area contributed by atoms with Crippen LogP contribution in [0.15, 0.2) is 42.6 Å². The average Bonchev–Trinajstić information content (AvgIpc) is 2.59. The van der Waals surface area contributed by atoms with Gasteiger partial charge in [0.2, 0.25) is 0 Å². The molecule has 0 saturated heterocycles. The number of benzene rings is 1. The van der Waals surface area contributed by atoms with E-state index in [0.29, 0.717) is 24.5 Å². The van der Waals surface area contributed by atoms with Gasteiger partial charge in [0.1, 0.15) is 12.4 Å². The minimum atomic E-state index is -0.209. The number of aryl methyl sites for hydroxylation is 1. The van der Waals surface area contributed by atoms with Crippen molar-refractivity contribution in [3.63, 3.8) is 0 Å². The predicted octanol–water partition coefficient (Wildman–Crippen LogP) is 2.86. The molecule has 0 radical (unpaired) electrons. The zero-order valence-electron chi connectivity index (χ0n) is 13.2. The zero-order valence-corrected chi connectivity index (χ0v) is 13.2. The third-order valence-corrected chi connectivity index (χ3v) is 3.27. The fourth-order valence-corrected chi connectivity index (χ4v) is 1.90. The number of hydrogen-bond donors (Lipinski definition) is 1. The van der Waals surface area contributed by atoms with Gasteiger partial charge in [-0.05, 0) is 43.7 Å². The Labute approximate surface area is 135 Å². The second-order valence-corrected chi connectivity index (χ2v) is 5.36. The number of ether oxygens (including phenoxy) is 1. The van der Waals surface area contributed by atoms with Crippen molar-refractivity contribution in [3.05, 3.63) is 59.4 Å². The van der Waals surface area contributed by atoms with Crippen molar-refractivity contribution in [2.75, 3.05) is 6.54 Å². The summed E-state index contributed by atoms with van der Waals surface area (Å²) in [6.45, 7) is 4.38. The Bertz CT molecular complexity index is 705. The summed E-state index contributed by atoms with van der Waals surface area (Å²) in [7, 11) is 0. The van der Waals surface area contributed by atoms with E-state index in [9.17, 15) is 4.79 Å². The van der Waals surface area contributed by atoms with Crippen LogP contribution < -0.4 is 10.1 Å². The molecule has 1 heterocycles. The Morgan fingerprint density at radius 1 is 1.39 bits per heavy atom. The van der Waals surface area contributed by atoms with Gasteiger partial charge in [0.05, 0.1) is 18.2 Å². The molecule has 1 N–H and O–H groups in total. The lowest BCUT2D eigenvalue weighted by atomic mass is 10.1. The van der Waals surface area contributed by atoms with Crippen LogP contribution in [0.3, 0.4) is 0 Å². The summed E-state index contributed by atoms with van der Waals surface area (Å²) in [6, 6.07) is 13.1. The Morgan fingerprint density at radius 3 is 2.91 bits per heavy atom.